The highest BCUT2D eigenvalue weighted by Gasteiger charge is 2.07. The summed E-state index contributed by atoms with van der Waals surface area (Å²) >= 11 is 2.09. The average molecular weight is 280 g/mol. The molecule has 1 rings (SSSR count). The molecule has 0 aliphatic carbocycles. The van der Waals surface area contributed by atoms with E-state index < -0.39 is 0 Å². The summed E-state index contributed by atoms with van der Waals surface area (Å²) in [5, 5.41) is 0. The van der Waals surface area contributed by atoms with Gasteiger partial charge in [-0.05, 0) is 47.2 Å². The maximum absolute atomic E-state index is 12.7. The average Bonchev–Trinajstić information content (AvgIpc) is 2.03. The van der Waals surface area contributed by atoms with Crippen LogP contribution in [0.2, 0.25) is 0 Å². The van der Waals surface area contributed by atoms with Gasteiger partial charge in [-0.25, -0.2) is 4.39 Å². The van der Waals surface area contributed by atoms with Crippen molar-refractivity contribution in [1.29, 1.82) is 0 Å². The molecule has 0 saturated heterocycles. The number of hydrogen-bond donors (Lipinski definition) is 2. The van der Waals surface area contributed by atoms with Crippen LogP contribution in [0.1, 0.15) is 18.5 Å². The van der Waals surface area contributed by atoms with Crippen LogP contribution >= 0.6 is 22.6 Å². The van der Waals surface area contributed by atoms with E-state index in [0.717, 1.165) is 9.13 Å². The summed E-state index contributed by atoms with van der Waals surface area (Å²) in [7, 11) is 0. The summed E-state index contributed by atoms with van der Waals surface area (Å²) in [5.74, 6) is 5.05. The largest absolute Gasteiger partial charge is 0.271 e. The number of hydrogen-bond acceptors (Lipinski definition) is 2. The van der Waals surface area contributed by atoms with Crippen LogP contribution in [0.4, 0.5) is 4.39 Å². The molecule has 12 heavy (non-hydrogen) atoms. The van der Waals surface area contributed by atoms with Gasteiger partial charge in [0.15, 0.2) is 0 Å². The van der Waals surface area contributed by atoms with Crippen LogP contribution in [-0.2, 0) is 0 Å². The normalized spacial score (nSPS) is 13.0. The Labute approximate surface area is 84.4 Å². The molecule has 66 valence electrons. The van der Waals surface area contributed by atoms with Gasteiger partial charge in [0.1, 0.15) is 5.82 Å². The second kappa shape index (κ2) is 4.15. The van der Waals surface area contributed by atoms with Crippen LogP contribution in [0.25, 0.3) is 0 Å². The molecule has 0 radical (unpaired) electrons. The third-order valence-corrected chi connectivity index (χ3v) is 2.61. The molecule has 1 aromatic carbocycles. The van der Waals surface area contributed by atoms with Gasteiger partial charge >= 0.3 is 0 Å². The van der Waals surface area contributed by atoms with Gasteiger partial charge in [0.2, 0.25) is 0 Å². The van der Waals surface area contributed by atoms with E-state index in [1.54, 1.807) is 6.07 Å². The minimum atomic E-state index is -0.215. The number of benzene rings is 1. The van der Waals surface area contributed by atoms with Gasteiger partial charge in [-0.15, -0.1) is 0 Å². The fourth-order valence-electron chi connectivity index (χ4n) is 0.942. The van der Waals surface area contributed by atoms with Crippen LogP contribution in [0.3, 0.4) is 0 Å². The molecule has 0 aromatic heterocycles. The van der Waals surface area contributed by atoms with E-state index in [9.17, 15) is 4.39 Å². The lowest BCUT2D eigenvalue weighted by molar-refractivity contribution is 0.591. The highest BCUT2D eigenvalue weighted by molar-refractivity contribution is 14.1. The number of halogens is 2. The van der Waals surface area contributed by atoms with Crippen LogP contribution in [0.5, 0.6) is 0 Å². The minimum Gasteiger partial charge on any atom is -0.271 e. The van der Waals surface area contributed by atoms with E-state index in [0.29, 0.717) is 0 Å². The molecule has 0 fully saturated rings. The summed E-state index contributed by atoms with van der Waals surface area (Å²) in [5.41, 5.74) is 3.63. The summed E-state index contributed by atoms with van der Waals surface area (Å²) in [4.78, 5) is 0. The third kappa shape index (κ3) is 2.15. The van der Waals surface area contributed by atoms with E-state index in [2.05, 4.69) is 28.0 Å². The van der Waals surface area contributed by atoms with Gasteiger partial charge in [0, 0.05) is 9.61 Å². The van der Waals surface area contributed by atoms with Gasteiger partial charge in [-0.2, -0.15) is 0 Å². The Kier molecular flexibility index (Phi) is 3.42. The lowest BCUT2D eigenvalue weighted by atomic mass is 10.1. The first-order chi connectivity index (χ1) is 5.65. The van der Waals surface area contributed by atoms with Gasteiger partial charge in [0.05, 0.1) is 0 Å². The zero-order valence-electron chi connectivity index (χ0n) is 6.64. The van der Waals surface area contributed by atoms with Crippen molar-refractivity contribution in [3.8, 4) is 0 Å². The monoisotopic (exact) mass is 280 g/mol. The number of hydrazine groups is 1. The van der Waals surface area contributed by atoms with Crippen LogP contribution in [-0.4, -0.2) is 0 Å². The first-order valence-electron chi connectivity index (χ1n) is 3.56. The van der Waals surface area contributed by atoms with Crippen molar-refractivity contribution in [2.24, 2.45) is 5.84 Å². The zero-order chi connectivity index (χ0) is 9.14. The fraction of sp³-hybridized carbons (Fsp3) is 0.250. The van der Waals surface area contributed by atoms with Crippen LogP contribution in [0, 0.1) is 9.39 Å². The highest BCUT2D eigenvalue weighted by Crippen LogP contribution is 2.19. The van der Waals surface area contributed by atoms with Crippen molar-refractivity contribution in [2.45, 2.75) is 13.0 Å². The molecule has 4 heteroatoms. The zero-order valence-corrected chi connectivity index (χ0v) is 8.80. The third-order valence-electron chi connectivity index (χ3n) is 1.68. The first-order valence-corrected chi connectivity index (χ1v) is 4.64. The van der Waals surface area contributed by atoms with Crippen LogP contribution < -0.4 is 11.3 Å². The Hall–Kier alpha value is -0.200. The van der Waals surface area contributed by atoms with E-state index in [-0.39, 0.29) is 11.9 Å². The summed E-state index contributed by atoms with van der Waals surface area (Å²) in [6.07, 6.45) is 0. The smallest absolute Gasteiger partial charge is 0.124 e. The van der Waals surface area contributed by atoms with Gasteiger partial charge in [-0.3, -0.25) is 11.3 Å². The van der Waals surface area contributed by atoms with Crippen molar-refractivity contribution in [3.63, 3.8) is 0 Å². The Balaban J connectivity index is 3.01. The Morgan fingerprint density at radius 3 is 2.75 bits per heavy atom. The molecule has 1 unspecified atom stereocenters. The van der Waals surface area contributed by atoms with Gasteiger partial charge in [-0.1, -0.05) is 6.07 Å². The molecule has 0 amide bonds. The molecular weight excluding hydrogens is 270 g/mol. The lowest BCUT2D eigenvalue weighted by Crippen LogP contribution is -2.26. The second-order valence-corrected chi connectivity index (χ2v) is 3.72. The van der Waals surface area contributed by atoms with E-state index in [1.807, 2.05) is 6.92 Å². The van der Waals surface area contributed by atoms with Crippen molar-refractivity contribution in [1.82, 2.24) is 5.43 Å². The van der Waals surface area contributed by atoms with Crippen LogP contribution in [0.15, 0.2) is 18.2 Å². The minimum absolute atomic E-state index is 0.0532. The lowest BCUT2D eigenvalue weighted by Gasteiger charge is -2.11. The molecular formula is C8H10FIN2. The molecule has 3 N–H and O–H groups in total. The highest BCUT2D eigenvalue weighted by atomic mass is 127. The van der Waals surface area contributed by atoms with Gasteiger partial charge in [0.25, 0.3) is 0 Å². The molecule has 0 aliphatic heterocycles. The second-order valence-electron chi connectivity index (χ2n) is 2.55. The Morgan fingerprint density at radius 1 is 1.58 bits per heavy atom. The Morgan fingerprint density at radius 2 is 2.25 bits per heavy atom. The predicted molar refractivity (Wildman–Crippen MR) is 54.9 cm³/mol. The molecule has 0 saturated carbocycles. The maximum Gasteiger partial charge on any atom is 0.124 e. The summed E-state index contributed by atoms with van der Waals surface area (Å²) in [6, 6.07) is 4.72. The molecule has 1 aromatic rings. The van der Waals surface area contributed by atoms with Crippen molar-refractivity contribution in [3.05, 3.63) is 33.1 Å². The first kappa shape index (κ1) is 9.88. The SMILES string of the molecule is CC(NN)c1ccc(F)cc1I. The van der Waals surface area contributed by atoms with Crippen molar-refractivity contribution >= 4 is 22.6 Å². The fourth-order valence-corrected chi connectivity index (χ4v) is 1.89. The molecule has 0 bridgehead atoms. The Bertz CT molecular complexity index is 278. The summed E-state index contributed by atoms with van der Waals surface area (Å²) in [6.45, 7) is 1.93. The molecule has 0 heterocycles. The molecule has 1 atom stereocenters. The molecule has 0 aliphatic rings. The maximum atomic E-state index is 12.7. The molecule has 2 nitrogen and oxygen atoms in total. The number of rotatable bonds is 2. The topological polar surface area (TPSA) is 38.0 Å². The molecule has 0 spiro atoms. The predicted octanol–water partition coefficient (Wildman–Crippen LogP) is 1.95. The van der Waals surface area contributed by atoms with E-state index >= 15 is 0 Å². The van der Waals surface area contributed by atoms with E-state index in [4.69, 9.17) is 5.84 Å². The van der Waals surface area contributed by atoms with Crippen molar-refractivity contribution < 1.29 is 4.39 Å². The van der Waals surface area contributed by atoms with Gasteiger partial charge < -0.3 is 0 Å². The standard InChI is InChI=1S/C8H10FIN2/c1-5(12-11)7-3-2-6(9)4-8(7)10/h2-5,12H,11H2,1H3. The van der Waals surface area contributed by atoms with Crippen molar-refractivity contribution in [2.75, 3.05) is 0 Å². The summed E-state index contributed by atoms with van der Waals surface area (Å²) < 4.78 is 13.5. The number of nitrogens with two attached hydrogens (primary N) is 1. The quantitative estimate of drug-likeness (QED) is 0.493. The number of nitrogens with one attached hydrogen (secondary N) is 1. The van der Waals surface area contributed by atoms with E-state index in [1.165, 1.54) is 12.1 Å².